The molecule has 216 valence electrons. The molecule has 1 aromatic carbocycles. The number of nitrogens with one attached hydrogen (secondary N) is 2. The molecule has 3 aliphatic heterocycles. The summed E-state index contributed by atoms with van der Waals surface area (Å²) < 4.78 is 43.7. The summed E-state index contributed by atoms with van der Waals surface area (Å²) >= 11 is 0. The Morgan fingerprint density at radius 2 is 1.67 bits per heavy atom. The molecule has 4 amide bonds. The fourth-order valence-electron chi connectivity index (χ4n) is 4.50. The number of alkyl halides is 3. The van der Waals surface area contributed by atoms with Crippen molar-refractivity contribution in [3.63, 3.8) is 0 Å². The maximum absolute atomic E-state index is 12.6. The smallest absolute Gasteiger partial charge is 0.484 e. The number of halogens is 3. The lowest BCUT2D eigenvalue weighted by atomic mass is 10.1. The van der Waals surface area contributed by atoms with Crippen molar-refractivity contribution in [2.45, 2.75) is 57.4 Å². The molecule has 3 saturated heterocycles. The van der Waals surface area contributed by atoms with Crippen LogP contribution in [0.4, 0.5) is 23.7 Å². The van der Waals surface area contributed by atoms with Crippen molar-refractivity contribution >= 4 is 29.5 Å². The highest BCUT2D eigenvalue weighted by Gasteiger charge is 2.38. The molecule has 0 radical (unpaired) electrons. The molecule has 39 heavy (non-hydrogen) atoms. The van der Waals surface area contributed by atoms with Crippen LogP contribution in [-0.2, 0) is 19.1 Å². The third-order valence-corrected chi connectivity index (χ3v) is 6.58. The minimum Gasteiger partial charge on any atom is -0.484 e. The van der Waals surface area contributed by atoms with Crippen molar-refractivity contribution in [1.82, 2.24) is 15.5 Å². The zero-order valence-corrected chi connectivity index (χ0v) is 21.6. The van der Waals surface area contributed by atoms with Crippen LogP contribution in [0.2, 0.25) is 0 Å². The Bertz CT molecular complexity index is 1040. The van der Waals surface area contributed by atoms with E-state index >= 15 is 0 Å². The van der Waals surface area contributed by atoms with Crippen LogP contribution >= 0.6 is 0 Å². The second-order valence-corrected chi connectivity index (χ2v) is 9.46. The molecule has 0 aliphatic carbocycles. The summed E-state index contributed by atoms with van der Waals surface area (Å²) in [5.74, 6) is -2.46. The fraction of sp³-hybridized carbons (Fsp3) is 0.600. The average molecular weight is 559 g/mol. The molecule has 1 aromatic rings. The van der Waals surface area contributed by atoms with Crippen molar-refractivity contribution in [1.29, 1.82) is 0 Å². The monoisotopic (exact) mass is 558 g/mol. The van der Waals surface area contributed by atoms with Gasteiger partial charge in [-0.25, -0.2) is 9.59 Å². The largest absolute Gasteiger partial charge is 0.490 e. The van der Waals surface area contributed by atoms with Gasteiger partial charge in [-0.2, -0.15) is 13.2 Å². The number of carbonyl (C=O) groups is 4. The third-order valence-electron chi connectivity index (χ3n) is 6.58. The van der Waals surface area contributed by atoms with Crippen molar-refractivity contribution in [3.05, 3.63) is 23.8 Å². The van der Waals surface area contributed by atoms with Crippen LogP contribution in [0, 0.1) is 6.92 Å². The van der Waals surface area contributed by atoms with Crippen molar-refractivity contribution in [2.75, 3.05) is 44.2 Å². The molecule has 0 atom stereocenters. The number of rotatable bonds is 6. The quantitative estimate of drug-likeness (QED) is 0.484. The molecule has 4 rings (SSSR count). The Balaban J connectivity index is 0.000000532. The molecule has 0 spiro atoms. The number of imide groups is 1. The lowest BCUT2D eigenvalue weighted by Crippen LogP contribution is -2.49. The van der Waals surface area contributed by atoms with Gasteiger partial charge in [0.05, 0.1) is 12.2 Å². The summed E-state index contributed by atoms with van der Waals surface area (Å²) in [7, 11) is 0. The number of anilines is 1. The van der Waals surface area contributed by atoms with Crippen molar-refractivity contribution < 1.29 is 46.9 Å². The first-order valence-corrected chi connectivity index (χ1v) is 12.7. The van der Waals surface area contributed by atoms with E-state index in [1.54, 1.807) is 17.0 Å². The number of hydrogen-bond acceptors (Lipinski definition) is 7. The standard InChI is InChI=1S/C23H32N4O5.C2HF3O2/c1-16-14-19(2-3-20(16)27-13-8-21(28)25-23(27)30)31-15-22(29)26-11-6-18(7-12-26)32-17-4-9-24-10-5-17;3-2(4,5)1(6)7/h2-3,14,17-18,24H,4-13,15H2,1H3,(H,25,28,30);(H,6,7). The molecule has 0 aromatic heterocycles. The summed E-state index contributed by atoms with van der Waals surface area (Å²) in [6.45, 7) is 5.63. The summed E-state index contributed by atoms with van der Waals surface area (Å²) in [5.41, 5.74) is 1.57. The van der Waals surface area contributed by atoms with Crippen LogP contribution in [0.25, 0.3) is 0 Å². The molecule has 11 nitrogen and oxygen atoms in total. The average Bonchev–Trinajstić information content (AvgIpc) is 2.89. The Labute approximate surface area is 223 Å². The molecule has 3 fully saturated rings. The number of aryl methyl sites for hydroxylation is 1. The predicted octanol–water partition coefficient (Wildman–Crippen LogP) is 2.21. The first-order chi connectivity index (χ1) is 18.4. The minimum atomic E-state index is -5.08. The number of hydrogen-bond donors (Lipinski definition) is 3. The molecular weight excluding hydrogens is 525 g/mol. The van der Waals surface area contributed by atoms with Gasteiger partial charge in [-0.1, -0.05) is 0 Å². The van der Waals surface area contributed by atoms with Gasteiger partial charge < -0.3 is 24.8 Å². The number of likely N-dealkylation sites (tertiary alicyclic amines) is 1. The Morgan fingerprint density at radius 3 is 2.23 bits per heavy atom. The Kier molecular flexibility index (Phi) is 10.5. The third kappa shape index (κ3) is 9.10. The van der Waals surface area contributed by atoms with Gasteiger partial charge in [0, 0.05) is 31.7 Å². The van der Waals surface area contributed by atoms with Crippen LogP contribution in [-0.4, -0.2) is 91.5 Å². The lowest BCUT2D eigenvalue weighted by molar-refractivity contribution is -0.192. The van der Waals surface area contributed by atoms with E-state index in [9.17, 15) is 27.6 Å². The van der Waals surface area contributed by atoms with Gasteiger partial charge in [0.1, 0.15) is 5.75 Å². The van der Waals surface area contributed by atoms with Gasteiger partial charge in [-0.05, 0) is 69.5 Å². The molecule has 3 N–H and O–H groups in total. The first kappa shape index (κ1) is 30.2. The molecule has 0 bridgehead atoms. The number of benzene rings is 1. The van der Waals surface area contributed by atoms with E-state index < -0.39 is 18.2 Å². The van der Waals surface area contributed by atoms with Crippen LogP contribution in [0.1, 0.15) is 37.7 Å². The van der Waals surface area contributed by atoms with E-state index in [2.05, 4.69) is 10.6 Å². The fourth-order valence-corrected chi connectivity index (χ4v) is 4.50. The molecule has 14 heteroatoms. The predicted molar refractivity (Wildman–Crippen MR) is 132 cm³/mol. The number of piperidine rings is 2. The highest BCUT2D eigenvalue weighted by Crippen LogP contribution is 2.26. The summed E-state index contributed by atoms with van der Waals surface area (Å²) in [4.78, 5) is 48.3. The van der Waals surface area contributed by atoms with E-state index in [1.807, 2.05) is 17.9 Å². The number of carbonyl (C=O) groups excluding carboxylic acids is 3. The zero-order valence-electron chi connectivity index (χ0n) is 21.6. The molecule has 3 aliphatic rings. The van der Waals surface area contributed by atoms with Gasteiger partial charge >= 0.3 is 18.2 Å². The maximum atomic E-state index is 12.6. The van der Waals surface area contributed by atoms with Gasteiger partial charge in [-0.3, -0.25) is 19.8 Å². The Hall–Kier alpha value is -3.39. The number of aliphatic carboxylic acids is 1. The van der Waals surface area contributed by atoms with Crippen LogP contribution < -0.4 is 20.3 Å². The normalized spacial score (nSPS) is 19.2. The minimum absolute atomic E-state index is 0.0166. The van der Waals surface area contributed by atoms with E-state index in [1.165, 1.54) is 0 Å². The van der Waals surface area contributed by atoms with Crippen molar-refractivity contribution in [3.8, 4) is 5.75 Å². The highest BCUT2D eigenvalue weighted by molar-refractivity contribution is 6.05. The number of nitrogens with zero attached hydrogens (tertiary/aromatic N) is 2. The molecule has 0 unspecified atom stereocenters. The molecule has 0 saturated carbocycles. The second kappa shape index (κ2) is 13.6. The van der Waals surface area contributed by atoms with Crippen LogP contribution in [0.5, 0.6) is 5.75 Å². The SMILES string of the molecule is Cc1cc(OCC(=O)N2CCC(OC3CCNCC3)CC2)ccc1N1CCC(=O)NC1=O.O=C(O)C(F)(F)F. The van der Waals surface area contributed by atoms with Gasteiger partial charge in [0.25, 0.3) is 5.91 Å². The second-order valence-electron chi connectivity index (χ2n) is 9.46. The first-order valence-electron chi connectivity index (χ1n) is 12.7. The Morgan fingerprint density at radius 1 is 1.05 bits per heavy atom. The number of amides is 4. The highest BCUT2D eigenvalue weighted by atomic mass is 19.4. The van der Waals surface area contributed by atoms with Gasteiger partial charge in [0.15, 0.2) is 6.61 Å². The van der Waals surface area contributed by atoms with Crippen LogP contribution in [0.15, 0.2) is 18.2 Å². The molecule has 3 heterocycles. The number of ether oxygens (including phenoxy) is 2. The summed E-state index contributed by atoms with van der Waals surface area (Å²) in [6.07, 6.45) is -0.377. The number of carboxylic acid groups (broad SMARTS) is 1. The maximum Gasteiger partial charge on any atom is 0.490 e. The number of urea groups is 1. The van der Waals surface area contributed by atoms with E-state index in [-0.39, 0.29) is 30.9 Å². The van der Waals surface area contributed by atoms with Crippen molar-refractivity contribution in [2.24, 2.45) is 0 Å². The topological polar surface area (TPSA) is 138 Å². The zero-order chi connectivity index (χ0) is 28.6. The van der Waals surface area contributed by atoms with E-state index in [0.717, 1.165) is 50.0 Å². The van der Waals surface area contributed by atoms with Crippen LogP contribution in [0.3, 0.4) is 0 Å². The molecular formula is C25H33F3N4O7. The van der Waals surface area contributed by atoms with E-state index in [4.69, 9.17) is 19.4 Å². The summed E-state index contributed by atoms with van der Waals surface area (Å²) in [6, 6.07) is 4.93. The van der Waals surface area contributed by atoms with Gasteiger partial charge in [0.2, 0.25) is 5.91 Å². The van der Waals surface area contributed by atoms with Gasteiger partial charge in [-0.15, -0.1) is 0 Å². The lowest BCUT2D eigenvalue weighted by Gasteiger charge is -2.35. The van der Waals surface area contributed by atoms with E-state index in [0.29, 0.717) is 31.5 Å². The summed E-state index contributed by atoms with van der Waals surface area (Å²) in [5, 5.41) is 12.8. The number of carboxylic acids is 1.